The van der Waals surface area contributed by atoms with Crippen molar-refractivity contribution in [2.75, 3.05) is 12.3 Å². The molecule has 0 fully saturated rings. The van der Waals surface area contributed by atoms with Crippen molar-refractivity contribution in [3.8, 4) is 0 Å². The Kier molecular flexibility index (Phi) is 8.03. The molecule has 0 aliphatic heterocycles. The van der Waals surface area contributed by atoms with Crippen LogP contribution in [0.5, 0.6) is 0 Å². The van der Waals surface area contributed by atoms with Crippen molar-refractivity contribution in [3.05, 3.63) is 173 Å². The molecule has 0 aliphatic rings. The van der Waals surface area contributed by atoms with Gasteiger partial charge in [0.1, 0.15) is 0 Å². The van der Waals surface area contributed by atoms with E-state index in [1.165, 1.54) is 38.7 Å². The molecule has 0 nitrogen and oxygen atoms in total. The zero-order valence-electron chi connectivity index (χ0n) is 20.9. The average Bonchev–Trinajstić information content (AvgIpc) is 2.98. The minimum atomic E-state index is -0.352. The fourth-order valence-corrected chi connectivity index (χ4v) is 7.79. The average molecular weight is 535 g/mol. The van der Waals surface area contributed by atoms with E-state index in [1.807, 2.05) is 0 Å². The summed E-state index contributed by atoms with van der Waals surface area (Å²) in [6.07, 6.45) is 1.72. The first kappa shape index (κ1) is 26.0. The molecule has 0 amide bonds. The van der Waals surface area contributed by atoms with Gasteiger partial charge in [-0.1, -0.05) is 140 Å². The molecule has 37 heavy (non-hydrogen) atoms. The second kappa shape index (κ2) is 11.4. The highest BCUT2D eigenvalue weighted by molar-refractivity contribution is 7.27. The first-order valence-corrected chi connectivity index (χ1v) is 14.9. The molecule has 3 unspecified atom stereocenters. The van der Waals surface area contributed by atoms with E-state index >= 15 is 0 Å². The summed E-state index contributed by atoms with van der Waals surface area (Å²) in [5, 5.41) is 1.22. The first-order valence-electron chi connectivity index (χ1n) is 12.7. The Morgan fingerprint density at radius 2 is 0.757 bits per heavy atom. The Labute approximate surface area is 228 Å². The highest BCUT2D eigenvalue weighted by Crippen LogP contribution is 2.49. The maximum absolute atomic E-state index is 3.09. The minimum Gasteiger partial charge on any atom is -0.136 e. The van der Waals surface area contributed by atoms with E-state index in [4.69, 9.17) is 0 Å². The van der Waals surface area contributed by atoms with Gasteiger partial charge in [-0.05, 0) is 51.0 Å². The molecule has 184 valence electrons. The molecular formula is C34H33P3. The van der Waals surface area contributed by atoms with Crippen LogP contribution < -0.4 is 5.30 Å². The summed E-state index contributed by atoms with van der Waals surface area (Å²) in [6, 6.07) is 50.8. The van der Waals surface area contributed by atoms with Crippen LogP contribution in [0.25, 0.3) is 0 Å². The van der Waals surface area contributed by atoms with Crippen molar-refractivity contribution in [2.24, 2.45) is 0 Å². The summed E-state index contributed by atoms with van der Waals surface area (Å²) in [5.41, 5.74) is 7.18. The number of rotatable bonds is 8. The second-order valence-corrected chi connectivity index (χ2v) is 10.9. The third-order valence-corrected chi connectivity index (χ3v) is 9.37. The van der Waals surface area contributed by atoms with Gasteiger partial charge in [0, 0.05) is 10.8 Å². The molecule has 0 saturated carbocycles. The molecule has 0 N–H and O–H groups in total. The zero-order valence-corrected chi connectivity index (χ0v) is 24.4. The fourth-order valence-electron chi connectivity index (χ4n) is 5.91. The maximum Gasteiger partial charge on any atom is 0.0494 e. The topological polar surface area (TPSA) is 0 Å². The van der Waals surface area contributed by atoms with Gasteiger partial charge in [0.15, 0.2) is 0 Å². The van der Waals surface area contributed by atoms with Gasteiger partial charge in [-0.2, -0.15) is 0 Å². The van der Waals surface area contributed by atoms with Crippen molar-refractivity contribution >= 4 is 33.0 Å². The fraction of sp³-hybridized carbons (Fsp3) is 0.118. The molecule has 3 heteroatoms. The van der Waals surface area contributed by atoms with E-state index in [9.17, 15) is 0 Å². The summed E-state index contributed by atoms with van der Waals surface area (Å²) >= 11 is 0. The highest BCUT2D eigenvalue weighted by atomic mass is 31.0. The predicted molar refractivity (Wildman–Crippen MR) is 170 cm³/mol. The van der Waals surface area contributed by atoms with Crippen LogP contribution in [0, 0.1) is 0 Å². The molecule has 0 spiro atoms. The van der Waals surface area contributed by atoms with Crippen molar-refractivity contribution in [3.63, 3.8) is 0 Å². The standard InChI is InChI=1S/C34H33P3/c35-24-33(26-14-5-1-6-15-26,27-16-7-2-8-17-27)30-22-13-23-31(37)32(30)34(25-36,28-18-9-3-10-19-28)29-20-11-4-12-21-29/h1-23H,24-25,35-37H2. The molecule has 0 heterocycles. The lowest BCUT2D eigenvalue weighted by Gasteiger charge is -2.43. The van der Waals surface area contributed by atoms with Gasteiger partial charge in [-0.3, -0.25) is 0 Å². The monoisotopic (exact) mass is 534 g/mol. The van der Waals surface area contributed by atoms with Crippen LogP contribution in [-0.2, 0) is 10.8 Å². The molecule has 0 radical (unpaired) electrons. The Morgan fingerprint density at radius 3 is 1.11 bits per heavy atom. The second-order valence-electron chi connectivity index (χ2n) is 9.45. The lowest BCUT2D eigenvalue weighted by atomic mass is 9.62. The molecule has 0 saturated heterocycles. The number of hydrogen-bond donors (Lipinski definition) is 0. The van der Waals surface area contributed by atoms with Gasteiger partial charge in [-0.25, -0.2) is 0 Å². The lowest BCUT2D eigenvalue weighted by molar-refractivity contribution is 0.643. The van der Waals surface area contributed by atoms with Crippen molar-refractivity contribution in [2.45, 2.75) is 10.8 Å². The number of benzene rings is 5. The van der Waals surface area contributed by atoms with Crippen LogP contribution in [0.15, 0.2) is 140 Å². The Balaban J connectivity index is 1.95. The summed E-state index contributed by atoms with van der Waals surface area (Å²) in [7, 11) is 9.25. The summed E-state index contributed by atoms with van der Waals surface area (Å²) in [4.78, 5) is 0. The third-order valence-electron chi connectivity index (χ3n) is 7.66. The molecule has 0 bridgehead atoms. The van der Waals surface area contributed by atoms with Crippen LogP contribution >= 0.6 is 27.7 Å². The third kappa shape index (κ3) is 4.51. The molecule has 0 aliphatic carbocycles. The summed E-state index contributed by atoms with van der Waals surface area (Å²) < 4.78 is 0. The SMILES string of the molecule is PCC(c1ccccc1)(c1ccccc1)c1cccc(P)c1C(CP)(c1ccccc1)c1ccccc1. The van der Waals surface area contributed by atoms with Crippen molar-refractivity contribution in [1.29, 1.82) is 0 Å². The van der Waals surface area contributed by atoms with Gasteiger partial charge in [0.25, 0.3) is 0 Å². The van der Waals surface area contributed by atoms with Gasteiger partial charge < -0.3 is 0 Å². The van der Waals surface area contributed by atoms with Crippen molar-refractivity contribution in [1.82, 2.24) is 0 Å². The van der Waals surface area contributed by atoms with Crippen LogP contribution in [0.3, 0.4) is 0 Å². The summed E-state index contributed by atoms with van der Waals surface area (Å²) in [5.74, 6) is 0. The van der Waals surface area contributed by atoms with E-state index in [2.05, 4.69) is 167 Å². The summed E-state index contributed by atoms with van der Waals surface area (Å²) in [6.45, 7) is 0. The van der Waals surface area contributed by atoms with Gasteiger partial charge in [-0.15, -0.1) is 27.7 Å². The predicted octanol–water partition coefficient (Wildman–Crippen LogP) is 7.61. The van der Waals surface area contributed by atoms with Gasteiger partial charge >= 0.3 is 0 Å². The Bertz CT molecular complexity index is 1350. The van der Waals surface area contributed by atoms with E-state index in [-0.39, 0.29) is 10.8 Å². The first-order chi connectivity index (χ1) is 18.2. The molecule has 0 aromatic heterocycles. The van der Waals surface area contributed by atoms with E-state index in [0.29, 0.717) is 0 Å². The zero-order chi connectivity index (χ0) is 25.7. The van der Waals surface area contributed by atoms with E-state index < -0.39 is 0 Å². The van der Waals surface area contributed by atoms with Crippen LogP contribution in [0.1, 0.15) is 33.4 Å². The Morgan fingerprint density at radius 1 is 0.405 bits per heavy atom. The van der Waals surface area contributed by atoms with Crippen LogP contribution in [0.2, 0.25) is 0 Å². The largest absolute Gasteiger partial charge is 0.136 e. The van der Waals surface area contributed by atoms with Crippen molar-refractivity contribution < 1.29 is 0 Å². The van der Waals surface area contributed by atoms with Crippen LogP contribution in [-0.4, -0.2) is 12.3 Å². The normalized spacial score (nSPS) is 11.9. The van der Waals surface area contributed by atoms with Gasteiger partial charge in [0.05, 0.1) is 0 Å². The Hall–Kier alpha value is -2.61. The molecule has 3 atom stereocenters. The quantitative estimate of drug-likeness (QED) is 0.142. The highest BCUT2D eigenvalue weighted by Gasteiger charge is 2.44. The molecule has 5 aromatic rings. The van der Waals surface area contributed by atoms with E-state index in [0.717, 1.165) is 12.3 Å². The molecular weight excluding hydrogens is 501 g/mol. The molecule has 5 rings (SSSR count). The van der Waals surface area contributed by atoms with E-state index in [1.54, 1.807) is 0 Å². The lowest BCUT2D eigenvalue weighted by Crippen LogP contribution is -2.41. The number of hydrogen-bond acceptors (Lipinski definition) is 0. The minimum absolute atomic E-state index is 0.344. The van der Waals surface area contributed by atoms with Crippen LogP contribution in [0.4, 0.5) is 0 Å². The maximum atomic E-state index is 3.09. The smallest absolute Gasteiger partial charge is 0.0494 e. The van der Waals surface area contributed by atoms with Gasteiger partial charge in [0.2, 0.25) is 0 Å². The molecule has 5 aromatic carbocycles.